The summed E-state index contributed by atoms with van der Waals surface area (Å²) in [7, 11) is 1.88. The molecule has 2 aliphatic heterocycles. The highest BCUT2D eigenvalue weighted by molar-refractivity contribution is 7.99. The molecule has 5 heteroatoms. The smallest absolute Gasteiger partial charge is 0.259 e. The molecule has 1 unspecified atom stereocenters. The molecule has 4 nitrogen and oxygen atoms in total. The van der Waals surface area contributed by atoms with Crippen LogP contribution < -0.4 is 4.90 Å². The van der Waals surface area contributed by atoms with Crippen LogP contribution in [0.2, 0.25) is 0 Å². The SMILES string of the molecule is CC(C(=O)N(C)C1CCSCC1)N1C(=O)c2cccc3cccc1c23. The molecule has 0 aromatic heterocycles. The van der Waals surface area contributed by atoms with Crippen molar-refractivity contribution in [3.63, 3.8) is 0 Å². The lowest BCUT2D eigenvalue weighted by atomic mass is 10.1. The van der Waals surface area contributed by atoms with E-state index >= 15 is 0 Å². The zero-order valence-electron chi connectivity index (χ0n) is 14.6. The van der Waals surface area contributed by atoms with Gasteiger partial charge in [-0.3, -0.25) is 14.5 Å². The number of carbonyl (C=O) groups is 2. The van der Waals surface area contributed by atoms with Gasteiger partial charge in [0, 0.05) is 24.0 Å². The fourth-order valence-electron chi connectivity index (χ4n) is 3.98. The first-order valence-corrected chi connectivity index (χ1v) is 9.95. The van der Waals surface area contributed by atoms with E-state index in [4.69, 9.17) is 0 Å². The maximum atomic E-state index is 13.1. The Kier molecular flexibility index (Phi) is 4.20. The average Bonchev–Trinajstić information content (AvgIpc) is 2.95. The number of thioether (sulfide) groups is 1. The second kappa shape index (κ2) is 6.37. The van der Waals surface area contributed by atoms with Crippen molar-refractivity contribution in [1.82, 2.24) is 4.90 Å². The summed E-state index contributed by atoms with van der Waals surface area (Å²) < 4.78 is 0. The third-order valence-electron chi connectivity index (χ3n) is 5.42. The lowest BCUT2D eigenvalue weighted by molar-refractivity contribution is -0.133. The Labute approximate surface area is 152 Å². The number of benzene rings is 2. The Morgan fingerprint density at radius 2 is 1.88 bits per heavy atom. The lowest BCUT2D eigenvalue weighted by Gasteiger charge is -2.35. The summed E-state index contributed by atoms with van der Waals surface area (Å²) in [5.74, 6) is 2.16. The van der Waals surface area contributed by atoms with Crippen molar-refractivity contribution in [2.75, 3.05) is 23.5 Å². The Balaban J connectivity index is 1.65. The van der Waals surface area contributed by atoms with Crippen molar-refractivity contribution in [2.24, 2.45) is 0 Å². The molecule has 2 aromatic carbocycles. The van der Waals surface area contributed by atoms with Crippen LogP contribution in [0.15, 0.2) is 36.4 Å². The molecule has 2 amide bonds. The number of amides is 2. The Morgan fingerprint density at radius 1 is 1.20 bits per heavy atom. The van der Waals surface area contributed by atoms with Gasteiger partial charge in [0.15, 0.2) is 0 Å². The minimum atomic E-state index is -0.495. The van der Waals surface area contributed by atoms with Crippen molar-refractivity contribution in [2.45, 2.75) is 31.8 Å². The molecule has 130 valence electrons. The summed E-state index contributed by atoms with van der Waals surface area (Å²) in [5, 5.41) is 2.01. The first kappa shape index (κ1) is 16.5. The fraction of sp³-hybridized carbons (Fsp3) is 0.400. The van der Waals surface area contributed by atoms with Crippen LogP contribution in [-0.2, 0) is 4.79 Å². The van der Waals surface area contributed by atoms with Crippen LogP contribution in [0.4, 0.5) is 5.69 Å². The van der Waals surface area contributed by atoms with Crippen molar-refractivity contribution < 1.29 is 9.59 Å². The topological polar surface area (TPSA) is 40.6 Å². The zero-order chi connectivity index (χ0) is 17.6. The van der Waals surface area contributed by atoms with Gasteiger partial charge in [-0.25, -0.2) is 0 Å². The van der Waals surface area contributed by atoms with E-state index in [9.17, 15) is 9.59 Å². The van der Waals surface area contributed by atoms with Crippen LogP contribution in [0.25, 0.3) is 10.8 Å². The molecule has 0 bridgehead atoms. The summed E-state index contributed by atoms with van der Waals surface area (Å²) in [4.78, 5) is 29.6. The third-order valence-corrected chi connectivity index (χ3v) is 6.47. The summed E-state index contributed by atoms with van der Waals surface area (Å²) in [5.41, 5.74) is 1.55. The van der Waals surface area contributed by atoms with Gasteiger partial charge in [-0.2, -0.15) is 11.8 Å². The zero-order valence-corrected chi connectivity index (χ0v) is 15.4. The molecule has 0 aliphatic carbocycles. The Bertz CT molecular complexity index is 839. The van der Waals surface area contributed by atoms with Crippen molar-refractivity contribution in [3.05, 3.63) is 42.0 Å². The van der Waals surface area contributed by atoms with E-state index < -0.39 is 6.04 Å². The second-order valence-corrected chi connectivity index (χ2v) is 8.05. The quantitative estimate of drug-likeness (QED) is 0.846. The predicted octanol–water partition coefficient (Wildman–Crippen LogP) is 3.54. The van der Waals surface area contributed by atoms with E-state index in [0.717, 1.165) is 40.8 Å². The number of hydrogen-bond acceptors (Lipinski definition) is 3. The van der Waals surface area contributed by atoms with Crippen LogP contribution in [0.1, 0.15) is 30.1 Å². The molecule has 0 saturated carbocycles. The van der Waals surface area contributed by atoms with Gasteiger partial charge in [-0.05, 0) is 48.8 Å². The van der Waals surface area contributed by atoms with Gasteiger partial charge in [0.05, 0.1) is 5.69 Å². The number of nitrogens with zero attached hydrogens (tertiary/aromatic N) is 2. The van der Waals surface area contributed by atoms with E-state index in [2.05, 4.69) is 0 Å². The molecule has 0 spiro atoms. The van der Waals surface area contributed by atoms with E-state index in [1.807, 2.05) is 67.0 Å². The third kappa shape index (κ3) is 2.61. The normalized spacial score (nSPS) is 18.6. The molecule has 1 atom stereocenters. The first-order valence-electron chi connectivity index (χ1n) is 8.79. The minimum Gasteiger partial charge on any atom is -0.341 e. The standard InChI is InChI=1S/C20H22N2O2S/c1-13(19(23)21(2)15-9-11-25-12-10-15)22-17-8-4-6-14-5-3-7-16(18(14)17)20(22)24/h3-8,13,15H,9-12H2,1-2H3. The summed E-state index contributed by atoms with van der Waals surface area (Å²) in [6, 6.07) is 11.5. The van der Waals surface area contributed by atoms with Gasteiger partial charge in [0.1, 0.15) is 6.04 Å². The van der Waals surface area contributed by atoms with Gasteiger partial charge in [0.25, 0.3) is 5.91 Å². The molecule has 0 N–H and O–H groups in total. The van der Waals surface area contributed by atoms with Crippen LogP contribution in [0.5, 0.6) is 0 Å². The highest BCUT2D eigenvalue weighted by Gasteiger charge is 2.37. The fourth-order valence-corrected chi connectivity index (χ4v) is 5.06. The molecule has 2 aliphatic rings. The number of rotatable bonds is 3. The van der Waals surface area contributed by atoms with E-state index in [1.54, 1.807) is 4.90 Å². The number of anilines is 1. The van der Waals surface area contributed by atoms with Crippen molar-refractivity contribution >= 4 is 40.0 Å². The van der Waals surface area contributed by atoms with Crippen LogP contribution in [-0.4, -0.2) is 47.4 Å². The molecule has 4 rings (SSSR count). The number of carbonyl (C=O) groups excluding carboxylic acids is 2. The maximum absolute atomic E-state index is 13.1. The monoisotopic (exact) mass is 354 g/mol. The largest absolute Gasteiger partial charge is 0.341 e. The Hall–Kier alpha value is -2.01. The number of hydrogen-bond donors (Lipinski definition) is 0. The molecule has 0 radical (unpaired) electrons. The molecule has 2 heterocycles. The van der Waals surface area contributed by atoms with Crippen LogP contribution in [0, 0.1) is 0 Å². The van der Waals surface area contributed by atoms with Gasteiger partial charge >= 0.3 is 0 Å². The molecular weight excluding hydrogens is 332 g/mol. The summed E-state index contributed by atoms with van der Waals surface area (Å²) in [6.45, 7) is 1.85. The van der Waals surface area contributed by atoms with E-state index in [-0.39, 0.29) is 17.9 Å². The molecular formula is C20H22N2O2S. The molecule has 1 fully saturated rings. The summed E-state index contributed by atoms with van der Waals surface area (Å²) >= 11 is 1.95. The highest BCUT2D eigenvalue weighted by Crippen LogP contribution is 2.38. The molecule has 25 heavy (non-hydrogen) atoms. The maximum Gasteiger partial charge on any atom is 0.259 e. The predicted molar refractivity (Wildman–Crippen MR) is 103 cm³/mol. The van der Waals surface area contributed by atoms with Gasteiger partial charge in [-0.1, -0.05) is 24.3 Å². The molecule has 2 aromatic rings. The lowest BCUT2D eigenvalue weighted by Crippen LogP contribution is -2.51. The average molecular weight is 354 g/mol. The minimum absolute atomic E-state index is 0.0232. The molecule has 1 saturated heterocycles. The Morgan fingerprint density at radius 3 is 2.60 bits per heavy atom. The second-order valence-electron chi connectivity index (χ2n) is 6.82. The van der Waals surface area contributed by atoms with Gasteiger partial charge < -0.3 is 4.90 Å². The van der Waals surface area contributed by atoms with Gasteiger partial charge in [0.2, 0.25) is 5.91 Å². The van der Waals surface area contributed by atoms with Crippen molar-refractivity contribution in [1.29, 1.82) is 0 Å². The van der Waals surface area contributed by atoms with Gasteiger partial charge in [-0.15, -0.1) is 0 Å². The first-order chi connectivity index (χ1) is 12.1. The van der Waals surface area contributed by atoms with E-state index in [0.29, 0.717) is 5.56 Å². The number of likely N-dealkylation sites (N-methyl/N-ethyl adjacent to an activating group) is 1. The highest BCUT2D eigenvalue weighted by atomic mass is 32.2. The summed E-state index contributed by atoms with van der Waals surface area (Å²) in [6.07, 6.45) is 2.06. The van der Waals surface area contributed by atoms with Crippen LogP contribution in [0.3, 0.4) is 0 Å². The van der Waals surface area contributed by atoms with E-state index in [1.165, 1.54) is 0 Å². The van der Waals surface area contributed by atoms with Crippen molar-refractivity contribution in [3.8, 4) is 0 Å². The van der Waals surface area contributed by atoms with Crippen LogP contribution >= 0.6 is 11.8 Å².